The highest BCUT2D eigenvalue weighted by Gasteiger charge is 2.27. The van der Waals surface area contributed by atoms with E-state index >= 15 is 0 Å². The molecule has 0 spiro atoms. The van der Waals surface area contributed by atoms with Crippen LogP contribution in [0.1, 0.15) is 34.3 Å². The number of nitrogens with one attached hydrogen (secondary N) is 1. The Balaban J connectivity index is 1.92. The van der Waals surface area contributed by atoms with Gasteiger partial charge in [-0.3, -0.25) is 9.10 Å². The second kappa shape index (κ2) is 7.29. The molecule has 5 nitrogen and oxygen atoms in total. The Morgan fingerprint density at radius 1 is 1.15 bits per heavy atom. The van der Waals surface area contributed by atoms with Gasteiger partial charge >= 0.3 is 0 Å². The molecule has 26 heavy (non-hydrogen) atoms. The fourth-order valence-electron chi connectivity index (χ4n) is 3.02. The smallest absolute Gasteiger partial charge is 0.255 e. The van der Waals surface area contributed by atoms with E-state index < -0.39 is 10.0 Å². The molecule has 0 aromatic heterocycles. The minimum Gasteiger partial charge on any atom is -0.322 e. The lowest BCUT2D eigenvalue weighted by Crippen LogP contribution is -2.38. The molecule has 1 N–H and O–H groups in total. The Bertz CT molecular complexity index is 957. The molecule has 0 radical (unpaired) electrons. The molecule has 2 aromatic carbocycles. The van der Waals surface area contributed by atoms with Crippen LogP contribution in [-0.2, 0) is 10.0 Å². The molecule has 1 aliphatic rings. The normalized spacial score (nSPS) is 16.3. The van der Waals surface area contributed by atoms with Gasteiger partial charge in [0.1, 0.15) is 0 Å². The molecule has 3 rings (SSSR count). The van der Waals surface area contributed by atoms with Crippen molar-refractivity contribution in [3.8, 4) is 0 Å². The highest BCUT2D eigenvalue weighted by molar-refractivity contribution is 7.92. The summed E-state index contributed by atoms with van der Waals surface area (Å²) >= 11 is 6.10. The first kappa shape index (κ1) is 18.7. The molecule has 2 aromatic rings. The number of carbonyl (C=O) groups is 1. The van der Waals surface area contributed by atoms with Gasteiger partial charge in [-0.2, -0.15) is 0 Å². The average molecular weight is 393 g/mol. The first-order valence-electron chi connectivity index (χ1n) is 8.47. The van der Waals surface area contributed by atoms with Crippen LogP contribution in [0.2, 0.25) is 5.02 Å². The topological polar surface area (TPSA) is 66.5 Å². The molecule has 0 aliphatic carbocycles. The first-order chi connectivity index (χ1) is 12.3. The van der Waals surface area contributed by atoms with E-state index in [9.17, 15) is 13.2 Å². The summed E-state index contributed by atoms with van der Waals surface area (Å²) in [5, 5.41) is 3.42. The van der Waals surface area contributed by atoms with E-state index in [2.05, 4.69) is 5.32 Å². The fraction of sp³-hybridized carbons (Fsp3) is 0.316. The second-order valence-electron chi connectivity index (χ2n) is 6.46. The van der Waals surface area contributed by atoms with E-state index in [1.165, 1.54) is 4.31 Å². The van der Waals surface area contributed by atoms with Crippen molar-refractivity contribution in [2.45, 2.75) is 26.7 Å². The lowest BCUT2D eigenvalue weighted by Gasteiger charge is -2.29. The van der Waals surface area contributed by atoms with Crippen LogP contribution in [0.5, 0.6) is 0 Å². The summed E-state index contributed by atoms with van der Waals surface area (Å²) in [6.45, 7) is 4.13. The zero-order valence-corrected chi connectivity index (χ0v) is 16.3. The van der Waals surface area contributed by atoms with Crippen molar-refractivity contribution in [1.29, 1.82) is 0 Å². The first-order valence-corrected chi connectivity index (χ1v) is 10.5. The molecule has 0 bridgehead atoms. The standard InChI is InChI=1S/C19H21ClN2O3S/c1-13-8-9-15(12-18(13)22-10-3-4-11-26(22,24)25)19(23)21-17-7-5-6-16(20)14(17)2/h5-9,12H,3-4,10-11H2,1-2H3,(H,21,23). The van der Waals surface area contributed by atoms with Crippen LogP contribution in [-0.4, -0.2) is 26.6 Å². The monoisotopic (exact) mass is 392 g/mol. The summed E-state index contributed by atoms with van der Waals surface area (Å²) in [5.74, 6) is -0.157. The van der Waals surface area contributed by atoms with Crippen molar-refractivity contribution in [2.75, 3.05) is 21.9 Å². The summed E-state index contributed by atoms with van der Waals surface area (Å²) in [6.07, 6.45) is 1.49. The van der Waals surface area contributed by atoms with Crippen molar-refractivity contribution in [1.82, 2.24) is 0 Å². The maximum atomic E-state index is 12.7. The largest absolute Gasteiger partial charge is 0.322 e. The predicted molar refractivity (Wildman–Crippen MR) is 106 cm³/mol. The second-order valence-corrected chi connectivity index (χ2v) is 8.88. The highest BCUT2D eigenvalue weighted by atomic mass is 35.5. The molecular weight excluding hydrogens is 372 g/mol. The molecule has 138 valence electrons. The van der Waals surface area contributed by atoms with Crippen LogP contribution >= 0.6 is 11.6 Å². The van der Waals surface area contributed by atoms with Crippen LogP contribution in [0, 0.1) is 13.8 Å². The molecule has 0 atom stereocenters. The number of anilines is 2. The van der Waals surface area contributed by atoms with Gasteiger partial charge < -0.3 is 5.32 Å². The minimum atomic E-state index is -3.33. The van der Waals surface area contributed by atoms with E-state index in [-0.39, 0.29) is 11.7 Å². The number of hydrogen-bond donors (Lipinski definition) is 1. The van der Waals surface area contributed by atoms with Crippen LogP contribution in [0.25, 0.3) is 0 Å². The van der Waals surface area contributed by atoms with Crippen molar-refractivity contribution in [3.05, 3.63) is 58.1 Å². The average Bonchev–Trinajstić information content (AvgIpc) is 2.59. The fourth-order valence-corrected chi connectivity index (χ4v) is 4.88. The predicted octanol–water partition coefficient (Wildman–Crippen LogP) is 4.14. The van der Waals surface area contributed by atoms with E-state index in [1.807, 2.05) is 13.8 Å². The quantitative estimate of drug-likeness (QED) is 0.853. The van der Waals surface area contributed by atoms with Crippen LogP contribution in [0.3, 0.4) is 0 Å². The van der Waals surface area contributed by atoms with Crippen molar-refractivity contribution in [3.63, 3.8) is 0 Å². The van der Waals surface area contributed by atoms with E-state index in [0.29, 0.717) is 34.9 Å². The molecular formula is C19H21ClN2O3S. The Morgan fingerprint density at radius 3 is 2.65 bits per heavy atom. The van der Waals surface area contributed by atoms with Gasteiger partial charge in [0.15, 0.2) is 0 Å². The third-order valence-electron chi connectivity index (χ3n) is 4.61. The minimum absolute atomic E-state index is 0.143. The third kappa shape index (κ3) is 3.71. The molecule has 0 saturated carbocycles. The number of halogens is 1. The van der Waals surface area contributed by atoms with Crippen molar-refractivity contribution >= 4 is 38.9 Å². The highest BCUT2D eigenvalue weighted by Crippen LogP contribution is 2.29. The van der Waals surface area contributed by atoms with Gasteiger partial charge in [0.25, 0.3) is 5.91 Å². The number of benzene rings is 2. The Morgan fingerprint density at radius 2 is 1.92 bits per heavy atom. The molecule has 1 saturated heterocycles. The molecule has 0 unspecified atom stereocenters. The Labute approximate surface area is 159 Å². The summed E-state index contributed by atoms with van der Waals surface area (Å²) in [5.41, 5.74) is 3.22. The number of rotatable bonds is 3. The number of nitrogens with zero attached hydrogens (tertiary/aromatic N) is 1. The maximum Gasteiger partial charge on any atom is 0.255 e. The van der Waals surface area contributed by atoms with E-state index in [4.69, 9.17) is 11.6 Å². The Hall–Kier alpha value is -2.05. The molecule has 1 fully saturated rings. The van der Waals surface area contributed by atoms with Gasteiger partial charge in [-0.1, -0.05) is 23.7 Å². The van der Waals surface area contributed by atoms with Gasteiger partial charge in [-0.05, 0) is 62.1 Å². The van der Waals surface area contributed by atoms with Crippen LogP contribution < -0.4 is 9.62 Å². The number of amides is 1. The van der Waals surface area contributed by atoms with Gasteiger partial charge in [-0.15, -0.1) is 0 Å². The zero-order chi connectivity index (χ0) is 18.9. The van der Waals surface area contributed by atoms with Crippen molar-refractivity contribution < 1.29 is 13.2 Å². The number of carbonyl (C=O) groups excluding carboxylic acids is 1. The molecule has 1 heterocycles. The number of sulfonamides is 1. The van der Waals surface area contributed by atoms with E-state index in [0.717, 1.165) is 17.5 Å². The summed E-state index contributed by atoms with van der Waals surface area (Å²) in [6, 6.07) is 10.4. The third-order valence-corrected chi connectivity index (χ3v) is 6.87. The Kier molecular flexibility index (Phi) is 5.25. The molecule has 7 heteroatoms. The van der Waals surface area contributed by atoms with Gasteiger partial charge in [-0.25, -0.2) is 8.42 Å². The van der Waals surface area contributed by atoms with Crippen LogP contribution in [0.4, 0.5) is 11.4 Å². The van der Waals surface area contributed by atoms with Crippen LogP contribution in [0.15, 0.2) is 36.4 Å². The number of hydrogen-bond acceptors (Lipinski definition) is 3. The van der Waals surface area contributed by atoms with Gasteiger partial charge in [0, 0.05) is 22.8 Å². The lowest BCUT2D eigenvalue weighted by atomic mass is 10.1. The summed E-state index contributed by atoms with van der Waals surface area (Å²) in [7, 11) is -3.33. The van der Waals surface area contributed by atoms with E-state index in [1.54, 1.807) is 36.4 Å². The molecule has 1 aliphatic heterocycles. The van der Waals surface area contributed by atoms with Gasteiger partial charge in [0.2, 0.25) is 10.0 Å². The summed E-state index contributed by atoms with van der Waals surface area (Å²) in [4.78, 5) is 12.7. The lowest BCUT2D eigenvalue weighted by molar-refractivity contribution is 0.102. The molecule has 1 amide bonds. The number of aryl methyl sites for hydroxylation is 1. The zero-order valence-electron chi connectivity index (χ0n) is 14.8. The summed E-state index contributed by atoms with van der Waals surface area (Å²) < 4.78 is 26.2. The van der Waals surface area contributed by atoms with Gasteiger partial charge in [0.05, 0.1) is 11.4 Å². The SMILES string of the molecule is Cc1ccc(C(=O)Nc2cccc(Cl)c2C)cc1N1CCCCS1(=O)=O. The maximum absolute atomic E-state index is 12.7. The van der Waals surface area contributed by atoms with Crippen molar-refractivity contribution in [2.24, 2.45) is 0 Å².